The predicted molar refractivity (Wildman–Crippen MR) is 107 cm³/mol. The summed E-state index contributed by atoms with van der Waals surface area (Å²) in [6, 6.07) is 12.1. The topological polar surface area (TPSA) is 89.9 Å². The SMILES string of the molecule is CN(C)[C@H]1CCCCCC[C@@H]1NCc1ccccc1.O=C(O)/C=C\C(=O)O. The van der Waals surface area contributed by atoms with E-state index in [-0.39, 0.29) is 0 Å². The van der Waals surface area contributed by atoms with Crippen molar-refractivity contribution in [3.8, 4) is 0 Å². The zero-order valence-electron chi connectivity index (χ0n) is 16.3. The lowest BCUT2D eigenvalue weighted by molar-refractivity contribution is -0.134. The Kier molecular flexibility index (Phi) is 11.1. The smallest absolute Gasteiger partial charge is 0.328 e. The van der Waals surface area contributed by atoms with Gasteiger partial charge in [0.2, 0.25) is 0 Å². The van der Waals surface area contributed by atoms with Gasteiger partial charge in [-0.15, -0.1) is 0 Å². The second-order valence-electron chi connectivity index (χ2n) is 7.01. The molecule has 0 aromatic heterocycles. The van der Waals surface area contributed by atoms with Gasteiger partial charge < -0.3 is 20.4 Å². The number of hydrogen-bond acceptors (Lipinski definition) is 4. The minimum Gasteiger partial charge on any atom is -0.478 e. The Balaban J connectivity index is 0.000000387. The van der Waals surface area contributed by atoms with Gasteiger partial charge >= 0.3 is 11.9 Å². The molecule has 0 saturated heterocycles. The highest BCUT2D eigenvalue weighted by Crippen LogP contribution is 2.21. The number of carboxylic acids is 2. The van der Waals surface area contributed by atoms with E-state index in [1.807, 2.05) is 0 Å². The lowest BCUT2D eigenvalue weighted by Gasteiger charge is -2.35. The Hall–Kier alpha value is -2.18. The van der Waals surface area contributed by atoms with Crippen LogP contribution in [0.3, 0.4) is 0 Å². The monoisotopic (exact) mass is 376 g/mol. The van der Waals surface area contributed by atoms with Crippen molar-refractivity contribution in [2.45, 2.75) is 57.2 Å². The first-order chi connectivity index (χ1) is 12.9. The van der Waals surface area contributed by atoms with Crippen LogP contribution in [0.4, 0.5) is 0 Å². The van der Waals surface area contributed by atoms with Crippen LogP contribution >= 0.6 is 0 Å². The lowest BCUT2D eigenvalue weighted by atomic mass is 9.91. The van der Waals surface area contributed by atoms with Crippen LogP contribution in [0.2, 0.25) is 0 Å². The molecule has 150 valence electrons. The maximum Gasteiger partial charge on any atom is 0.328 e. The molecule has 2 rings (SSSR count). The Morgan fingerprint density at radius 2 is 1.56 bits per heavy atom. The van der Waals surface area contributed by atoms with Crippen LogP contribution in [0.1, 0.15) is 44.1 Å². The van der Waals surface area contributed by atoms with Gasteiger partial charge in [0.25, 0.3) is 0 Å². The zero-order valence-corrected chi connectivity index (χ0v) is 16.3. The predicted octanol–water partition coefficient (Wildman–Crippen LogP) is 3.14. The van der Waals surface area contributed by atoms with Gasteiger partial charge in [0.1, 0.15) is 0 Å². The summed E-state index contributed by atoms with van der Waals surface area (Å²) in [5.74, 6) is -2.51. The molecule has 1 aliphatic carbocycles. The van der Waals surface area contributed by atoms with Gasteiger partial charge in [-0.1, -0.05) is 56.0 Å². The normalized spacial score (nSPS) is 20.4. The third-order valence-electron chi connectivity index (χ3n) is 4.67. The number of hydrogen-bond donors (Lipinski definition) is 3. The molecule has 1 fully saturated rings. The summed E-state index contributed by atoms with van der Waals surface area (Å²) < 4.78 is 0. The fourth-order valence-electron chi connectivity index (χ4n) is 3.31. The minimum absolute atomic E-state index is 0.558. The number of nitrogens with zero attached hydrogens (tertiary/aromatic N) is 1. The number of likely N-dealkylation sites (N-methyl/N-ethyl adjacent to an activating group) is 1. The van der Waals surface area contributed by atoms with Crippen LogP contribution in [0, 0.1) is 0 Å². The highest BCUT2D eigenvalue weighted by Gasteiger charge is 2.23. The van der Waals surface area contributed by atoms with Crippen molar-refractivity contribution in [2.75, 3.05) is 14.1 Å². The van der Waals surface area contributed by atoms with Crippen molar-refractivity contribution < 1.29 is 19.8 Å². The van der Waals surface area contributed by atoms with Crippen LogP contribution in [-0.2, 0) is 16.1 Å². The van der Waals surface area contributed by atoms with E-state index in [0.717, 1.165) is 6.54 Å². The minimum atomic E-state index is -1.26. The summed E-state index contributed by atoms with van der Waals surface area (Å²) in [7, 11) is 4.45. The van der Waals surface area contributed by atoms with E-state index in [2.05, 4.69) is 54.6 Å². The first kappa shape index (κ1) is 22.9. The van der Waals surface area contributed by atoms with Crippen LogP contribution in [0.5, 0.6) is 0 Å². The Morgan fingerprint density at radius 1 is 1.00 bits per heavy atom. The van der Waals surface area contributed by atoms with Gasteiger partial charge in [-0.05, 0) is 32.5 Å². The number of carbonyl (C=O) groups is 2. The molecule has 0 bridgehead atoms. The highest BCUT2D eigenvalue weighted by molar-refractivity contribution is 5.89. The van der Waals surface area contributed by atoms with Gasteiger partial charge in [0.15, 0.2) is 0 Å². The van der Waals surface area contributed by atoms with Crippen LogP contribution in [0.25, 0.3) is 0 Å². The molecule has 1 aromatic rings. The zero-order chi connectivity index (χ0) is 20.1. The molecule has 6 heteroatoms. The molecule has 0 aliphatic heterocycles. The van der Waals surface area contributed by atoms with Crippen LogP contribution in [-0.4, -0.2) is 53.2 Å². The standard InChI is InChI=1S/C17H28N2.C4H4O4/c1-19(2)17-13-9-4-3-8-12-16(17)18-14-15-10-6-5-7-11-15;5-3(6)1-2-4(7)8/h5-7,10-11,16-18H,3-4,8-9,12-14H2,1-2H3;1-2H,(H,5,6)(H,7,8)/b;2-1-/t16-,17-;/m0./s1. The molecule has 0 spiro atoms. The highest BCUT2D eigenvalue weighted by atomic mass is 16.4. The summed E-state index contributed by atoms with van der Waals surface area (Å²) in [6.45, 7) is 0.996. The molecule has 0 heterocycles. The molecule has 6 nitrogen and oxygen atoms in total. The summed E-state index contributed by atoms with van der Waals surface area (Å²) in [6.07, 6.45) is 9.34. The van der Waals surface area contributed by atoms with E-state index >= 15 is 0 Å². The Morgan fingerprint density at radius 3 is 2.07 bits per heavy atom. The Labute approximate surface area is 161 Å². The first-order valence-electron chi connectivity index (χ1n) is 9.48. The van der Waals surface area contributed by atoms with Crippen LogP contribution in [0.15, 0.2) is 42.5 Å². The van der Waals surface area contributed by atoms with E-state index in [9.17, 15) is 9.59 Å². The lowest BCUT2D eigenvalue weighted by Crippen LogP contribution is -2.47. The van der Waals surface area contributed by atoms with Gasteiger partial charge in [-0.2, -0.15) is 0 Å². The van der Waals surface area contributed by atoms with Crippen molar-refractivity contribution in [1.29, 1.82) is 0 Å². The van der Waals surface area contributed by atoms with Crippen molar-refractivity contribution in [1.82, 2.24) is 10.2 Å². The van der Waals surface area contributed by atoms with Gasteiger partial charge in [-0.3, -0.25) is 0 Å². The number of nitrogens with one attached hydrogen (secondary N) is 1. The summed E-state index contributed by atoms with van der Waals surface area (Å²) in [5.41, 5.74) is 1.39. The fraction of sp³-hybridized carbons (Fsp3) is 0.524. The van der Waals surface area contributed by atoms with Crippen LogP contribution < -0.4 is 5.32 Å². The molecular weight excluding hydrogens is 344 g/mol. The molecule has 0 radical (unpaired) electrons. The molecule has 1 saturated carbocycles. The molecule has 0 unspecified atom stereocenters. The van der Waals surface area contributed by atoms with E-state index in [1.165, 1.54) is 44.1 Å². The van der Waals surface area contributed by atoms with E-state index < -0.39 is 11.9 Å². The summed E-state index contributed by atoms with van der Waals surface area (Å²) in [4.78, 5) is 21.5. The molecule has 3 N–H and O–H groups in total. The van der Waals surface area contributed by atoms with Crippen molar-refractivity contribution in [3.05, 3.63) is 48.0 Å². The van der Waals surface area contributed by atoms with E-state index in [4.69, 9.17) is 10.2 Å². The number of benzene rings is 1. The quantitative estimate of drug-likeness (QED) is 0.661. The van der Waals surface area contributed by atoms with Crippen molar-refractivity contribution in [2.24, 2.45) is 0 Å². The summed E-state index contributed by atoms with van der Waals surface area (Å²) >= 11 is 0. The summed E-state index contributed by atoms with van der Waals surface area (Å²) in [5, 5.41) is 19.4. The maximum atomic E-state index is 9.55. The van der Waals surface area contributed by atoms with Gasteiger partial charge in [0.05, 0.1) is 0 Å². The average Bonchev–Trinajstić information content (AvgIpc) is 2.60. The van der Waals surface area contributed by atoms with E-state index in [1.54, 1.807) is 0 Å². The van der Waals surface area contributed by atoms with Gasteiger partial charge in [-0.25, -0.2) is 9.59 Å². The third-order valence-corrected chi connectivity index (χ3v) is 4.67. The first-order valence-corrected chi connectivity index (χ1v) is 9.48. The molecule has 1 aliphatic rings. The molecule has 1 aromatic carbocycles. The second-order valence-corrected chi connectivity index (χ2v) is 7.01. The molecular formula is C21H32N2O4. The van der Waals surface area contributed by atoms with E-state index in [0.29, 0.717) is 24.2 Å². The fourth-order valence-corrected chi connectivity index (χ4v) is 3.31. The third kappa shape index (κ3) is 10.5. The molecule has 2 atom stereocenters. The second kappa shape index (κ2) is 13.1. The maximum absolute atomic E-state index is 9.55. The molecule has 27 heavy (non-hydrogen) atoms. The number of carboxylic acid groups (broad SMARTS) is 2. The number of rotatable bonds is 6. The number of aliphatic carboxylic acids is 2. The van der Waals surface area contributed by atoms with Gasteiger partial charge in [0, 0.05) is 30.8 Å². The molecule has 0 amide bonds. The largest absolute Gasteiger partial charge is 0.478 e. The van der Waals surface area contributed by atoms with Crippen molar-refractivity contribution >= 4 is 11.9 Å². The average molecular weight is 376 g/mol. The van der Waals surface area contributed by atoms with Crippen molar-refractivity contribution in [3.63, 3.8) is 0 Å². The Bertz CT molecular complexity index is 571.